The quantitative estimate of drug-likeness (QED) is 0.448. The van der Waals surface area contributed by atoms with Crippen LogP contribution in [0.4, 0.5) is 11.4 Å². The van der Waals surface area contributed by atoms with Gasteiger partial charge >= 0.3 is 0 Å². The van der Waals surface area contributed by atoms with Gasteiger partial charge < -0.3 is 10.6 Å². The van der Waals surface area contributed by atoms with Crippen molar-refractivity contribution in [2.75, 3.05) is 10.6 Å². The molecule has 9 heteroatoms. The number of nitrogens with one attached hydrogen (secondary N) is 2. The summed E-state index contributed by atoms with van der Waals surface area (Å²) in [5.41, 5.74) is 2.55. The molecule has 0 saturated carbocycles. The van der Waals surface area contributed by atoms with E-state index >= 15 is 0 Å². The summed E-state index contributed by atoms with van der Waals surface area (Å²) in [5, 5.41) is 13.2. The molecule has 0 aliphatic carbocycles. The normalized spacial score (nSPS) is 10.5. The van der Waals surface area contributed by atoms with Crippen molar-refractivity contribution in [2.24, 2.45) is 0 Å². The second kappa shape index (κ2) is 8.88. The molecule has 0 atom stereocenters. The minimum atomic E-state index is -0.431. The van der Waals surface area contributed by atoms with Gasteiger partial charge in [0.2, 0.25) is 0 Å². The summed E-state index contributed by atoms with van der Waals surface area (Å²) in [6.45, 7) is 1.87. The summed E-state index contributed by atoms with van der Waals surface area (Å²) in [7, 11) is 0. The first-order chi connectivity index (χ1) is 15.0. The highest BCUT2D eigenvalue weighted by molar-refractivity contribution is 9.10. The number of nitrogens with zero attached hydrogens (tertiary/aromatic N) is 4. The van der Waals surface area contributed by atoms with E-state index in [4.69, 9.17) is 0 Å². The average molecular weight is 477 g/mol. The van der Waals surface area contributed by atoms with Gasteiger partial charge in [-0.3, -0.25) is 14.2 Å². The van der Waals surface area contributed by atoms with Crippen molar-refractivity contribution in [3.8, 4) is 5.82 Å². The van der Waals surface area contributed by atoms with E-state index < -0.39 is 5.91 Å². The Morgan fingerprint density at radius 2 is 1.45 bits per heavy atom. The first-order valence-electron chi connectivity index (χ1n) is 9.32. The van der Waals surface area contributed by atoms with E-state index in [1.165, 1.54) is 12.7 Å². The number of amides is 2. The maximum atomic E-state index is 13.0. The topological polar surface area (TPSA) is 102 Å². The predicted molar refractivity (Wildman–Crippen MR) is 120 cm³/mol. The number of halogens is 1. The Labute approximate surface area is 186 Å². The fraction of sp³-hybridized carbons (Fsp3) is 0.0455. The number of hydrogen-bond acceptors (Lipinski definition) is 5. The Morgan fingerprint density at radius 3 is 2.13 bits per heavy atom. The lowest BCUT2D eigenvalue weighted by atomic mass is 10.1. The average Bonchev–Trinajstić information content (AvgIpc) is 3.30. The number of carbonyl (C=O) groups excluding carboxylic acids is 2. The van der Waals surface area contributed by atoms with Crippen molar-refractivity contribution < 1.29 is 9.59 Å². The van der Waals surface area contributed by atoms with Crippen LogP contribution in [0, 0.1) is 6.92 Å². The summed E-state index contributed by atoms with van der Waals surface area (Å²) in [5.74, 6) is -0.187. The maximum Gasteiger partial charge on any atom is 0.275 e. The number of rotatable bonds is 5. The Balaban J connectivity index is 1.58. The van der Waals surface area contributed by atoms with Gasteiger partial charge in [0, 0.05) is 10.0 Å². The van der Waals surface area contributed by atoms with Crippen LogP contribution in [0.1, 0.15) is 26.4 Å². The standard InChI is InChI=1S/C22H17BrN6O2/c1-14-6-2-3-7-15(14)21(30)26-17-8-4-5-9-18(17)27-22(31)20-16(23)10-11-19(28-20)29-12-24-25-13-29/h2-13H,1H3,(H,26,30)(H,27,31). The molecule has 0 aliphatic heterocycles. The molecular formula is C22H17BrN6O2. The fourth-order valence-electron chi connectivity index (χ4n) is 2.95. The summed E-state index contributed by atoms with van der Waals surface area (Å²) in [4.78, 5) is 30.1. The Bertz CT molecular complexity index is 1260. The van der Waals surface area contributed by atoms with Gasteiger partial charge in [0.05, 0.1) is 11.4 Å². The van der Waals surface area contributed by atoms with E-state index in [0.717, 1.165) is 5.56 Å². The number of para-hydroxylation sites is 2. The van der Waals surface area contributed by atoms with Gasteiger partial charge in [-0.2, -0.15) is 0 Å². The van der Waals surface area contributed by atoms with E-state index in [-0.39, 0.29) is 11.6 Å². The van der Waals surface area contributed by atoms with Crippen LogP contribution in [-0.4, -0.2) is 31.6 Å². The van der Waals surface area contributed by atoms with Crippen LogP contribution in [0.5, 0.6) is 0 Å². The molecule has 154 valence electrons. The lowest BCUT2D eigenvalue weighted by Gasteiger charge is -2.14. The largest absolute Gasteiger partial charge is 0.320 e. The third-order valence-electron chi connectivity index (χ3n) is 4.54. The molecule has 2 amide bonds. The SMILES string of the molecule is Cc1ccccc1C(=O)Nc1ccccc1NC(=O)c1nc(-n2cnnc2)ccc1Br. The monoisotopic (exact) mass is 476 g/mol. The van der Waals surface area contributed by atoms with E-state index in [9.17, 15) is 9.59 Å². The van der Waals surface area contributed by atoms with Crippen molar-refractivity contribution >= 4 is 39.1 Å². The number of pyridine rings is 1. The molecule has 4 rings (SSSR count). The number of aryl methyl sites for hydroxylation is 1. The van der Waals surface area contributed by atoms with Crippen LogP contribution in [0.25, 0.3) is 5.82 Å². The van der Waals surface area contributed by atoms with Gasteiger partial charge in [-0.05, 0) is 58.7 Å². The summed E-state index contributed by atoms with van der Waals surface area (Å²) >= 11 is 3.37. The van der Waals surface area contributed by atoms with Crippen LogP contribution in [0.3, 0.4) is 0 Å². The van der Waals surface area contributed by atoms with Crippen LogP contribution in [0.15, 0.2) is 77.8 Å². The molecule has 31 heavy (non-hydrogen) atoms. The van der Waals surface area contributed by atoms with Gasteiger partial charge in [0.1, 0.15) is 24.2 Å². The van der Waals surface area contributed by atoms with Gasteiger partial charge in [-0.25, -0.2) is 4.98 Å². The highest BCUT2D eigenvalue weighted by atomic mass is 79.9. The third-order valence-corrected chi connectivity index (χ3v) is 5.18. The van der Waals surface area contributed by atoms with Crippen LogP contribution >= 0.6 is 15.9 Å². The molecule has 8 nitrogen and oxygen atoms in total. The number of carbonyl (C=O) groups is 2. The summed E-state index contributed by atoms with van der Waals surface area (Å²) in [6, 6.07) is 17.8. The van der Waals surface area contributed by atoms with Crippen LogP contribution in [0.2, 0.25) is 0 Å². The van der Waals surface area contributed by atoms with Gasteiger partial charge in [0.25, 0.3) is 11.8 Å². The first-order valence-corrected chi connectivity index (χ1v) is 10.1. The zero-order valence-corrected chi connectivity index (χ0v) is 18.0. The maximum absolute atomic E-state index is 13.0. The van der Waals surface area contributed by atoms with E-state index in [1.54, 1.807) is 47.0 Å². The predicted octanol–water partition coefficient (Wildman–Crippen LogP) is 4.24. The lowest BCUT2D eigenvalue weighted by molar-refractivity contribution is 0.101. The lowest BCUT2D eigenvalue weighted by Crippen LogP contribution is -2.19. The first kappa shape index (κ1) is 20.4. The Morgan fingerprint density at radius 1 is 0.839 bits per heavy atom. The highest BCUT2D eigenvalue weighted by Gasteiger charge is 2.17. The van der Waals surface area contributed by atoms with Crippen LogP contribution in [-0.2, 0) is 0 Å². The van der Waals surface area contributed by atoms with E-state index in [2.05, 4.69) is 41.7 Å². The van der Waals surface area contributed by atoms with Gasteiger partial charge in [-0.1, -0.05) is 30.3 Å². The van der Waals surface area contributed by atoms with Gasteiger partial charge in [-0.15, -0.1) is 10.2 Å². The third kappa shape index (κ3) is 4.51. The van der Waals surface area contributed by atoms with Crippen molar-refractivity contribution in [3.63, 3.8) is 0 Å². The zero-order valence-electron chi connectivity index (χ0n) is 16.4. The summed E-state index contributed by atoms with van der Waals surface area (Å²) < 4.78 is 2.13. The molecule has 0 radical (unpaired) electrons. The minimum Gasteiger partial charge on any atom is -0.320 e. The molecule has 4 aromatic rings. The van der Waals surface area contributed by atoms with Crippen molar-refractivity contribution in [1.82, 2.24) is 19.7 Å². The van der Waals surface area contributed by atoms with E-state index in [0.29, 0.717) is 27.2 Å². The molecule has 0 aliphatic rings. The molecule has 2 aromatic carbocycles. The van der Waals surface area contributed by atoms with E-state index in [1.807, 2.05) is 25.1 Å². The molecule has 0 fully saturated rings. The number of hydrogen-bond donors (Lipinski definition) is 2. The smallest absolute Gasteiger partial charge is 0.275 e. The second-order valence-corrected chi connectivity index (χ2v) is 7.49. The second-order valence-electron chi connectivity index (χ2n) is 6.64. The molecular weight excluding hydrogens is 460 g/mol. The fourth-order valence-corrected chi connectivity index (χ4v) is 3.35. The number of benzene rings is 2. The minimum absolute atomic E-state index is 0.186. The highest BCUT2D eigenvalue weighted by Crippen LogP contribution is 2.24. The van der Waals surface area contributed by atoms with Crippen molar-refractivity contribution in [1.29, 1.82) is 0 Å². The molecule has 0 saturated heterocycles. The summed E-state index contributed by atoms with van der Waals surface area (Å²) in [6.07, 6.45) is 2.99. The number of anilines is 2. The number of aromatic nitrogens is 4. The van der Waals surface area contributed by atoms with Gasteiger partial charge in [0.15, 0.2) is 0 Å². The molecule has 2 heterocycles. The zero-order chi connectivity index (χ0) is 21.8. The van der Waals surface area contributed by atoms with Crippen molar-refractivity contribution in [3.05, 3.63) is 94.6 Å². The van der Waals surface area contributed by atoms with Crippen LogP contribution < -0.4 is 10.6 Å². The van der Waals surface area contributed by atoms with Crippen molar-refractivity contribution in [2.45, 2.75) is 6.92 Å². The molecule has 2 N–H and O–H groups in total. The Hall–Kier alpha value is -3.85. The molecule has 0 bridgehead atoms. The molecule has 2 aromatic heterocycles. The molecule has 0 spiro atoms. The Kier molecular flexibility index (Phi) is 5.85. The molecule has 0 unspecified atom stereocenters.